The summed E-state index contributed by atoms with van der Waals surface area (Å²) in [6.07, 6.45) is 3.13. The minimum Gasteiger partial charge on any atom is -0.478 e. The van der Waals surface area contributed by atoms with E-state index in [9.17, 15) is 9.59 Å². The van der Waals surface area contributed by atoms with E-state index in [1.54, 1.807) is 0 Å². The molecule has 6 heteroatoms. The molecule has 22 heavy (non-hydrogen) atoms. The summed E-state index contributed by atoms with van der Waals surface area (Å²) >= 11 is 0. The van der Waals surface area contributed by atoms with Crippen LogP contribution in [-0.4, -0.2) is 61.4 Å². The van der Waals surface area contributed by atoms with Crippen LogP contribution in [0.15, 0.2) is 11.6 Å². The van der Waals surface area contributed by atoms with Crippen LogP contribution in [0.4, 0.5) is 0 Å². The third-order valence-electron chi connectivity index (χ3n) is 3.52. The highest BCUT2D eigenvalue weighted by atomic mass is 16.5. The van der Waals surface area contributed by atoms with Crippen LogP contribution in [-0.2, 0) is 19.1 Å². The number of ether oxygens (including phenoxy) is 2. The number of rotatable bonds is 9. The minimum absolute atomic E-state index is 0.225. The van der Waals surface area contributed by atoms with Crippen molar-refractivity contribution in [2.75, 3.05) is 39.5 Å². The fourth-order valence-electron chi connectivity index (χ4n) is 2.23. The van der Waals surface area contributed by atoms with E-state index in [1.165, 1.54) is 0 Å². The third-order valence-corrected chi connectivity index (χ3v) is 3.52. The molecule has 0 aliphatic carbocycles. The first kappa shape index (κ1) is 18.6. The Balaban J connectivity index is 2.41. The molecular weight excluding hydrogens is 286 g/mol. The lowest BCUT2D eigenvalue weighted by molar-refractivity contribution is -0.140. The molecule has 1 N–H and O–H groups in total. The smallest absolute Gasteiger partial charge is 0.334 e. The molecule has 0 spiro atoms. The Kier molecular flexibility index (Phi) is 8.77. The Morgan fingerprint density at radius 2 is 2.00 bits per heavy atom. The van der Waals surface area contributed by atoms with Gasteiger partial charge in [-0.1, -0.05) is 13.8 Å². The van der Waals surface area contributed by atoms with Gasteiger partial charge in [0.05, 0.1) is 19.8 Å². The molecule has 126 valence electrons. The van der Waals surface area contributed by atoms with Gasteiger partial charge >= 0.3 is 11.9 Å². The van der Waals surface area contributed by atoms with Gasteiger partial charge in [-0.05, 0) is 25.2 Å². The summed E-state index contributed by atoms with van der Waals surface area (Å²) in [5.74, 6) is -1.07. The molecule has 0 atom stereocenters. The predicted octanol–water partition coefficient (Wildman–Crippen LogP) is 1.70. The maximum absolute atomic E-state index is 12.0. The van der Waals surface area contributed by atoms with E-state index >= 15 is 0 Å². The van der Waals surface area contributed by atoms with Gasteiger partial charge in [0.25, 0.3) is 0 Å². The second-order valence-electron chi connectivity index (χ2n) is 5.88. The average Bonchev–Trinajstić information content (AvgIpc) is 2.48. The number of hydrogen-bond donors (Lipinski definition) is 1. The van der Waals surface area contributed by atoms with Gasteiger partial charge in [0.1, 0.15) is 0 Å². The maximum atomic E-state index is 12.0. The molecule has 0 unspecified atom stereocenters. The van der Waals surface area contributed by atoms with Crippen molar-refractivity contribution < 1.29 is 24.2 Å². The first-order valence-electron chi connectivity index (χ1n) is 7.89. The number of carboxylic acids is 1. The number of carbonyl (C=O) groups is 2. The van der Waals surface area contributed by atoms with E-state index in [0.717, 1.165) is 32.0 Å². The first-order chi connectivity index (χ1) is 10.5. The van der Waals surface area contributed by atoms with Crippen LogP contribution in [0.25, 0.3) is 0 Å². The molecule has 1 aliphatic rings. The topological polar surface area (TPSA) is 76.1 Å². The zero-order valence-corrected chi connectivity index (χ0v) is 13.5. The second-order valence-corrected chi connectivity index (χ2v) is 5.88. The van der Waals surface area contributed by atoms with E-state index in [1.807, 2.05) is 0 Å². The fourth-order valence-corrected chi connectivity index (χ4v) is 2.23. The number of carbonyl (C=O) groups excluding carboxylic acids is 1. The van der Waals surface area contributed by atoms with Gasteiger partial charge in [-0.15, -0.1) is 0 Å². The number of carboxylic acid groups (broad SMARTS) is 1. The van der Waals surface area contributed by atoms with E-state index in [-0.39, 0.29) is 5.57 Å². The van der Waals surface area contributed by atoms with Crippen LogP contribution < -0.4 is 0 Å². The SMILES string of the molecule is CC(C)CCCOC(=O)/C(=C/C(=O)O)CCN1CCOCC1. The van der Waals surface area contributed by atoms with E-state index < -0.39 is 11.9 Å². The molecule has 0 radical (unpaired) electrons. The molecule has 0 aromatic heterocycles. The number of aliphatic carboxylic acids is 1. The number of esters is 1. The highest BCUT2D eigenvalue weighted by molar-refractivity contribution is 5.95. The van der Waals surface area contributed by atoms with Gasteiger partial charge in [0.15, 0.2) is 0 Å². The number of nitrogens with zero attached hydrogens (tertiary/aromatic N) is 1. The minimum atomic E-state index is -1.11. The average molecular weight is 313 g/mol. The van der Waals surface area contributed by atoms with Gasteiger partial charge in [-0.2, -0.15) is 0 Å². The Morgan fingerprint density at radius 1 is 1.32 bits per heavy atom. The summed E-state index contributed by atoms with van der Waals surface area (Å²) in [6.45, 7) is 8.18. The molecule has 1 aliphatic heterocycles. The number of morpholine rings is 1. The van der Waals surface area contributed by atoms with Crippen LogP contribution in [0.1, 0.15) is 33.1 Å². The van der Waals surface area contributed by atoms with E-state index in [2.05, 4.69) is 18.7 Å². The van der Waals surface area contributed by atoms with Gasteiger partial charge < -0.3 is 14.6 Å². The molecule has 0 aromatic rings. The summed E-state index contributed by atoms with van der Waals surface area (Å²) in [5.41, 5.74) is 0.225. The summed E-state index contributed by atoms with van der Waals surface area (Å²) < 4.78 is 10.4. The lowest BCUT2D eigenvalue weighted by Crippen LogP contribution is -2.37. The van der Waals surface area contributed by atoms with Crippen LogP contribution in [0, 0.1) is 5.92 Å². The highest BCUT2D eigenvalue weighted by Gasteiger charge is 2.16. The Morgan fingerprint density at radius 3 is 2.59 bits per heavy atom. The first-order valence-corrected chi connectivity index (χ1v) is 7.89. The molecule has 1 rings (SSSR count). The van der Waals surface area contributed by atoms with Gasteiger partial charge in [0, 0.05) is 31.3 Å². The third kappa shape index (κ3) is 8.14. The Labute approximate surface area is 132 Å². The van der Waals surface area contributed by atoms with Crippen LogP contribution >= 0.6 is 0 Å². The monoisotopic (exact) mass is 313 g/mol. The maximum Gasteiger partial charge on any atom is 0.334 e. The largest absolute Gasteiger partial charge is 0.478 e. The summed E-state index contributed by atoms with van der Waals surface area (Å²) in [7, 11) is 0. The van der Waals surface area contributed by atoms with Crippen LogP contribution in [0.3, 0.4) is 0 Å². The summed E-state index contributed by atoms with van der Waals surface area (Å²) in [4.78, 5) is 25.0. The highest BCUT2D eigenvalue weighted by Crippen LogP contribution is 2.10. The van der Waals surface area contributed by atoms with Gasteiger partial charge in [-0.25, -0.2) is 9.59 Å². The molecule has 0 amide bonds. The van der Waals surface area contributed by atoms with Crippen molar-refractivity contribution in [3.05, 3.63) is 11.6 Å². The quantitative estimate of drug-likeness (QED) is 0.397. The summed E-state index contributed by atoms with van der Waals surface area (Å²) in [5, 5.41) is 8.90. The Bertz CT molecular complexity index is 386. The molecule has 0 aromatic carbocycles. The second kappa shape index (κ2) is 10.3. The molecule has 1 saturated heterocycles. The standard InChI is InChI=1S/C16H27NO5/c1-13(2)4-3-9-22-16(20)14(12-15(18)19)5-6-17-7-10-21-11-8-17/h12-13H,3-11H2,1-2H3,(H,18,19)/b14-12+. The molecule has 0 saturated carbocycles. The van der Waals surface area contributed by atoms with Crippen molar-refractivity contribution >= 4 is 11.9 Å². The molecule has 1 heterocycles. The zero-order valence-electron chi connectivity index (χ0n) is 13.5. The predicted molar refractivity (Wildman–Crippen MR) is 82.6 cm³/mol. The van der Waals surface area contributed by atoms with Gasteiger partial charge in [0.2, 0.25) is 0 Å². The van der Waals surface area contributed by atoms with Crippen molar-refractivity contribution in [3.63, 3.8) is 0 Å². The normalized spacial score (nSPS) is 16.8. The molecule has 0 bridgehead atoms. The molecule has 1 fully saturated rings. The Hall–Kier alpha value is -1.40. The van der Waals surface area contributed by atoms with E-state index in [0.29, 0.717) is 38.7 Å². The van der Waals surface area contributed by atoms with Crippen molar-refractivity contribution in [2.24, 2.45) is 5.92 Å². The van der Waals surface area contributed by atoms with E-state index in [4.69, 9.17) is 14.6 Å². The van der Waals surface area contributed by atoms with Crippen LogP contribution in [0.2, 0.25) is 0 Å². The van der Waals surface area contributed by atoms with Crippen molar-refractivity contribution in [1.82, 2.24) is 4.90 Å². The lowest BCUT2D eigenvalue weighted by Gasteiger charge is -2.26. The van der Waals surface area contributed by atoms with Crippen molar-refractivity contribution in [3.8, 4) is 0 Å². The number of hydrogen-bond acceptors (Lipinski definition) is 5. The van der Waals surface area contributed by atoms with Crippen LogP contribution in [0.5, 0.6) is 0 Å². The molecular formula is C16H27NO5. The lowest BCUT2D eigenvalue weighted by atomic mass is 10.1. The summed E-state index contributed by atoms with van der Waals surface area (Å²) in [6, 6.07) is 0. The van der Waals surface area contributed by atoms with Crippen molar-refractivity contribution in [1.29, 1.82) is 0 Å². The van der Waals surface area contributed by atoms with Crippen molar-refractivity contribution in [2.45, 2.75) is 33.1 Å². The fraction of sp³-hybridized carbons (Fsp3) is 0.750. The molecule has 6 nitrogen and oxygen atoms in total. The van der Waals surface area contributed by atoms with Gasteiger partial charge in [-0.3, -0.25) is 4.90 Å². The zero-order chi connectivity index (χ0) is 16.4.